The molecular formula is C19H18N4O2. The lowest BCUT2D eigenvalue weighted by Crippen LogP contribution is -2.27. The second kappa shape index (κ2) is 6.29. The van der Waals surface area contributed by atoms with Crippen molar-refractivity contribution in [3.8, 4) is 17.3 Å². The predicted molar refractivity (Wildman–Crippen MR) is 95.2 cm³/mol. The Balaban J connectivity index is 1.96. The molecule has 0 aliphatic carbocycles. The number of carbonyl (C=O) groups excluding carboxylic acids is 1. The van der Waals surface area contributed by atoms with Crippen LogP contribution in [-0.2, 0) is 4.74 Å². The number of nitrogens with zero attached hydrogens (tertiary/aromatic N) is 3. The van der Waals surface area contributed by atoms with Crippen LogP contribution in [0.25, 0.3) is 16.8 Å². The number of pyridine rings is 1. The van der Waals surface area contributed by atoms with E-state index in [-0.39, 0.29) is 0 Å². The quantitative estimate of drug-likeness (QED) is 0.761. The molecule has 1 amide bonds. The zero-order valence-corrected chi connectivity index (χ0v) is 14.3. The topological polar surface area (TPSA) is 79.4 Å². The molecule has 0 saturated carbocycles. The van der Waals surface area contributed by atoms with Crippen molar-refractivity contribution in [1.82, 2.24) is 9.61 Å². The molecule has 2 heterocycles. The van der Waals surface area contributed by atoms with Gasteiger partial charge in [0.2, 0.25) is 0 Å². The largest absolute Gasteiger partial charge is 0.444 e. The minimum atomic E-state index is -0.575. The molecule has 0 bridgehead atoms. The van der Waals surface area contributed by atoms with Gasteiger partial charge in [0.15, 0.2) is 0 Å². The van der Waals surface area contributed by atoms with Crippen molar-refractivity contribution in [3.63, 3.8) is 0 Å². The molecule has 0 unspecified atom stereocenters. The molecule has 0 radical (unpaired) electrons. The molecule has 0 fully saturated rings. The normalized spacial score (nSPS) is 11.1. The zero-order valence-electron chi connectivity index (χ0n) is 14.3. The smallest absolute Gasteiger partial charge is 0.412 e. The number of carbonyl (C=O) groups is 1. The number of anilines is 1. The number of fused-ring (bicyclic) bond motifs is 1. The van der Waals surface area contributed by atoms with E-state index in [9.17, 15) is 10.1 Å². The van der Waals surface area contributed by atoms with Crippen LogP contribution in [0.1, 0.15) is 26.3 Å². The number of rotatable bonds is 2. The first-order chi connectivity index (χ1) is 11.9. The minimum absolute atomic E-state index is 0.495. The SMILES string of the molecule is CC(C)(C)OC(=O)Nc1ccc2c(C#N)c(-c3ccccc3)nn2c1. The van der Waals surface area contributed by atoms with E-state index >= 15 is 0 Å². The summed E-state index contributed by atoms with van der Waals surface area (Å²) in [6, 6.07) is 15.2. The molecule has 0 aliphatic rings. The van der Waals surface area contributed by atoms with Crippen molar-refractivity contribution < 1.29 is 9.53 Å². The molecule has 126 valence electrons. The Morgan fingerprint density at radius 1 is 1.20 bits per heavy atom. The molecule has 2 aromatic heterocycles. The number of aromatic nitrogens is 2. The summed E-state index contributed by atoms with van der Waals surface area (Å²) in [4.78, 5) is 11.9. The summed E-state index contributed by atoms with van der Waals surface area (Å²) in [5.74, 6) is 0. The number of nitriles is 1. The van der Waals surface area contributed by atoms with E-state index in [1.54, 1.807) is 43.6 Å². The second-order valence-corrected chi connectivity index (χ2v) is 6.58. The average Bonchev–Trinajstić information content (AvgIpc) is 2.91. The molecule has 6 heteroatoms. The Labute approximate surface area is 145 Å². The number of hydrogen-bond donors (Lipinski definition) is 1. The molecule has 0 saturated heterocycles. The van der Waals surface area contributed by atoms with Gasteiger partial charge < -0.3 is 4.74 Å². The Morgan fingerprint density at radius 2 is 1.92 bits per heavy atom. The summed E-state index contributed by atoms with van der Waals surface area (Å²) in [6.07, 6.45) is 1.12. The number of ether oxygens (including phenoxy) is 1. The fraction of sp³-hybridized carbons (Fsp3) is 0.211. The number of hydrogen-bond acceptors (Lipinski definition) is 4. The van der Waals surface area contributed by atoms with Crippen LogP contribution in [0.15, 0.2) is 48.7 Å². The molecule has 0 aliphatic heterocycles. The van der Waals surface area contributed by atoms with E-state index in [1.807, 2.05) is 30.3 Å². The van der Waals surface area contributed by atoms with Crippen LogP contribution < -0.4 is 5.32 Å². The van der Waals surface area contributed by atoms with Gasteiger partial charge in [0.25, 0.3) is 0 Å². The van der Waals surface area contributed by atoms with E-state index in [1.165, 1.54) is 0 Å². The molecule has 1 N–H and O–H groups in total. The maximum absolute atomic E-state index is 11.9. The average molecular weight is 334 g/mol. The van der Waals surface area contributed by atoms with Crippen LogP contribution in [0.5, 0.6) is 0 Å². The highest BCUT2D eigenvalue weighted by atomic mass is 16.6. The molecule has 0 atom stereocenters. The lowest BCUT2D eigenvalue weighted by molar-refractivity contribution is 0.0636. The van der Waals surface area contributed by atoms with Crippen LogP contribution in [0, 0.1) is 11.3 Å². The highest BCUT2D eigenvalue weighted by molar-refractivity contribution is 5.85. The number of benzene rings is 1. The minimum Gasteiger partial charge on any atom is -0.444 e. The van der Waals surface area contributed by atoms with E-state index in [0.717, 1.165) is 5.56 Å². The monoisotopic (exact) mass is 334 g/mol. The van der Waals surface area contributed by atoms with Crippen LogP contribution in [0.2, 0.25) is 0 Å². The van der Waals surface area contributed by atoms with Crippen molar-refractivity contribution in [2.24, 2.45) is 0 Å². The van der Waals surface area contributed by atoms with Gasteiger partial charge in [0.1, 0.15) is 22.9 Å². The van der Waals surface area contributed by atoms with Gasteiger partial charge in [-0.2, -0.15) is 10.4 Å². The Bertz CT molecular complexity index is 963. The molecule has 6 nitrogen and oxygen atoms in total. The van der Waals surface area contributed by atoms with Crippen molar-refractivity contribution in [1.29, 1.82) is 5.26 Å². The van der Waals surface area contributed by atoms with E-state index in [4.69, 9.17) is 4.74 Å². The fourth-order valence-electron chi connectivity index (χ4n) is 2.45. The Kier molecular flexibility index (Phi) is 4.15. The molecular weight excluding hydrogens is 316 g/mol. The lowest BCUT2D eigenvalue weighted by Gasteiger charge is -2.19. The van der Waals surface area contributed by atoms with Crippen molar-refractivity contribution in [3.05, 3.63) is 54.2 Å². The van der Waals surface area contributed by atoms with Crippen LogP contribution in [0.3, 0.4) is 0 Å². The van der Waals surface area contributed by atoms with Gasteiger partial charge in [-0.3, -0.25) is 5.32 Å². The summed E-state index contributed by atoms with van der Waals surface area (Å²) in [5, 5.41) is 16.7. The first-order valence-corrected chi connectivity index (χ1v) is 7.85. The van der Waals surface area contributed by atoms with E-state index < -0.39 is 11.7 Å². The summed E-state index contributed by atoms with van der Waals surface area (Å²) in [5.41, 5.74) is 2.61. The third kappa shape index (κ3) is 3.61. The molecule has 1 aromatic carbocycles. The molecule has 3 aromatic rings. The van der Waals surface area contributed by atoms with Gasteiger partial charge in [0, 0.05) is 5.56 Å². The first kappa shape index (κ1) is 16.5. The van der Waals surface area contributed by atoms with Crippen molar-refractivity contribution in [2.45, 2.75) is 26.4 Å². The molecule has 0 spiro atoms. The Hall–Kier alpha value is -3.33. The van der Waals surface area contributed by atoms with Gasteiger partial charge in [-0.1, -0.05) is 30.3 Å². The summed E-state index contributed by atoms with van der Waals surface area (Å²) < 4.78 is 6.83. The number of nitrogens with one attached hydrogen (secondary N) is 1. The summed E-state index contributed by atoms with van der Waals surface area (Å²) >= 11 is 0. The van der Waals surface area contributed by atoms with Gasteiger partial charge in [-0.05, 0) is 32.9 Å². The van der Waals surface area contributed by atoms with Crippen LogP contribution in [-0.4, -0.2) is 21.3 Å². The van der Waals surface area contributed by atoms with Crippen LogP contribution >= 0.6 is 0 Å². The maximum Gasteiger partial charge on any atom is 0.412 e. The van der Waals surface area contributed by atoms with Crippen molar-refractivity contribution >= 4 is 17.3 Å². The van der Waals surface area contributed by atoms with Gasteiger partial charge >= 0.3 is 6.09 Å². The third-order valence-electron chi connectivity index (χ3n) is 3.43. The highest BCUT2D eigenvalue weighted by Gasteiger charge is 2.18. The fourth-order valence-corrected chi connectivity index (χ4v) is 2.45. The van der Waals surface area contributed by atoms with Crippen LogP contribution in [0.4, 0.5) is 10.5 Å². The van der Waals surface area contributed by atoms with Gasteiger partial charge in [0.05, 0.1) is 17.4 Å². The van der Waals surface area contributed by atoms with E-state index in [0.29, 0.717) is 22.5 Å². The number of amides is 1. The molecule has 3 rings (SSSR count). The van der Waals surface area contributed by atoms with E-state index in [2.05, 4.69) is 16.5 Å². The molecule has 25 heavy (non-hydrogen) atoms. The first-order valence-electron chi connectivity index (χ1n) is 7.85. The standard InChI is InChI=1S/C19H18N4O2/c1-19(2,3)25-18(24)21-14-9-10-16-15(11-20)17(22-23(16)12-14)13-7-5-4-6-8-13/h4-10,12H,1-3H3,(H,21,24). The summed E-state index contributed by atoms with van der Waals surface area (Å²) in [7, 11) is 0. The van der Waals surface area contributed by atoms with Gasteiger partial charge in [-0.15, -0.1) is 0 Å². The predicted octanol–water partition coefficient (Wildman–Crippen LogP) is 4.22. The second-order valence-electron chi connectivity index (χ2n) is 6.58. The Morgan fingerprint density at radius 3 is 2.56 bits per heavy atom. The summed E-state index contributed by atoms with van der Waals surface area (Å²) in [6.45, 7) is 5.40. The van der Waals surface area contributed by atoms with Gasteiger partial charge in [-0.25, -0.2) is 9.31 Å². The third-order valence-corrected chi connectivity index (χ3v) is 3.43. The zero-order chi connectivity index (χ0) is 18.0. The maximum atomic E-state index is 11.9. The lowest BCUT2D eigenvalue weighted by atomic mass is 10.1. The highest BCUT2D eigenvalue weighted by Crippen LogP contribution is 2.26. The van der Waals surface area contributed by atoms with Crippen molar-refractivity contribution in [2.75, 3.05) is 5.32 Å².